The maximum absolute atomic E-state index is 11.8. The lowest BCUT2D eigenvalue weighted by Gasteiger charge is -2.10. The summed E-state index contributed by atoms with van der Waals surface area (Å²) in [5.74, 6) is -3.29. The van der Waals surface area contributed by atoms with Gasteiger partial charge in [-0.1, -0.05) is 30.3 Å². The SMILES string of the molecule is CC(=O)Oc1c(-c2ccccc2)n(OC(C)=O)c2cc([N+](=O)[O-])c(OC(=O)CCl)cc12. The van der Waals surface area contributed by atoms with Crippen LogP contribution in [-0.4, -0.2) is 33.4 Å². The average molecular weight is 447 g/mol. The number of halogens is 1. The number of rotatable bonds is 6. The molecule has 0 spiro atoms. The number of ether oxygens (including phenoxy) is 2. The quantitative estimate of drug-likeness (QED) is 0.185. The number of nitro benzene ring substituents is 1. The first-order chi connectivity index (χ1) is 14.7. The van der Waals surface area contributed by atoms with Crippen LogP contribution in [0.4, 0.5) is 5.69 Å². The second kappa shape index (κ2) is 8.84. The summed E-state index contributed by atoms with van der Waals surface area (Å²) in [6.07, 6.45) is 0. The molecule has 1 heterocycles. The summed E-state index contributed by atoms with van der Waals surface area (Å²) in [5.41, 5.74) is 0.128. The van der Waals surface area contributed by atoms with Crippen LogP contribution in [0.5, 0.6) is 11.5 Å². The van der Waals surface area contributed by atoms with Crippen molar-refractivity contribution in [3.05, 3.63) is 52.6 Å². The van der Waals surface area contributed by atoms with Gasteiger partial charge in [-0.3, -0.25) is 19.7 Å². The third kappa shape index (κ3) is 4.48. The second-order valence-corrected chi connectivity index (χ2v) is 6.48. The number of aromatic nitrogens is 1. The highest BCUT2D eigenvalue weighted by atomic mass is 35.5. The van der Waals surface area contributed by atoms with Gasteiger partial charge in [-0.25, -0.2) is 4.79 Å². The van der Waals surface area contributed by atoms with Gasteiger partial charge in [0, 0.05) is 31.5 Å². The van der Waals surface area contributed by atoms with Crippen molar-refractivity contribution >= 4 is 46.1 Å². The van der Waals surface area contributed by atoms with Crippen LogP contribution in [0.2, 0.25) is 0 Å². The summed E-state index contributed by atoms with van der Waals surface area (Å²) < 4.78 is 11.4. The van der Waals surface area contributed by atoms with Crippen molar-refractivity contribution < 1.29 is 33.6 Å². The molecule has 0 amide bonds. The normalized spacial score (nSPS) is 10.5. The monoisotopic (exact) mass is 446 g/mol. The first-order valence-electron chi connectivity index (χ1n) is 8.79. The van der Waals surface area contributed by atoms with Gasteiger partial charge in [0.15, 0.2) is 5.75 Å². The summed E-state index contributed by atoms with van der Waals surface area (Å²) in [6, 6.07) is 10.7. The zero-order chi connectivity index (χ0) is 22.7. The first kappa shape index (κ1) is 21.8. The van der Waals surface area contributed by atoms with Crippen molar-refractivity contribution in [3.63, 3.8) is 0 Å². The lowest BCUT2D eigenvalue weighted by atomic mass is 10.1. The Balaban J connectivity index is 2.44. The van der Waals surface area contributed by atoms with Crippen LogP contribution in [-0.2, 0) is 14.4 Å². The van der Waals surface area contributed by atoms with Crippen LogP contribution in [0, 0.1) is 10.1 Å². The number of nitrogens with zero attached hydrogens (tertiary/aromatic N) is 2. The summed E-state index contributed by atoms with van der Waals surface area (Å²) in [4.78, 5) is 51.3. The Morgan fingerprint density at radius 3 is 2.29 bits per heavy atom. The van der Waals surface area contributed by atoms with E-state index in [1.165, 1.54) is 6.92 Å². The number of carbonyl (C=O) groups is 3. The highest BCUT2D eigenvalue weighted by Crippen LogP contribution is 2.44. The first-order valence-corrected chi connectivity index (χ1v) is 9.32. The lowest BCUT2D eigenvalue weighted by molar-refractivity contribution is -0.385. The maximum Gasteiger partial charge on any atom is 0.329 e. The smallest absolute Gasteiger partial charge is 0.329 e. The molecule has 0 fully saturated rings. The molecule has 0 radical (unpaired) electrons. The van der Waals surface area contributed by atoms with Crippen LogP contribution in [0.1, 0.15) is 13.8 Å². The molecule has 10 nitrogen and oxygen atoms in total. The predicted molar refractivity (Wildman–Crippen MR) is 109 cm³/mol. The van der Waals surface area contributed by atoms with E-state index in [0.717, 1.165) is 23.8 Å². The lowest BCUT2D eigenvalue weighted by Crippen LogP contribution is -2.17. The van der Waals surface area contributed by atoms with E-state index in [2.05, 4.69) is 0 Å². The van der Waals surface area contributed by atoms with E-state index >= 15 is 0 Å². The molecule has 0 N–H and O–H groups in total. The summed E-state index contributed by atoms with van der Waals surface area (Å²) >= 11 is 5.44. The zero-order valence-corrected chi connectivity index (χ0v) is 17.0. The Morgan fingerprint density at radius 1 is 1.06 bits per heavy atom. The van der Waals surface area contributed by atoms with Gasteiger partial charge < -0.3 is 14.3 Å². The van der Waals surface area contributed by atoms with Gasteiger partial charge in [-0.15, -0.1) is 11.6 Å². The third-order valence-electron chi connectivity index (χ3n) is 4.00. The molecule has 1 aromatic heterocycles. The van der Waals surface area contributed by atoms with E-state index < -0.39 is 40.1 Å². The molecule has 11 heteroatoms. The van der Waals surface area contributed by atoms with E-state index in [1.807, 2.05) is 0 Å². The van der Waals surface area contributed by atoms with Crippen molar-refractivity contribution in [3.8, 4) is 22.8 Å². The van der Waals surface area contributed by atoms with Crippen LogP contribution >= 0.6 is 11.6 Å². The van der Waals surface area contributed by atoms with Gasteiger partial charge in [0.25, 0.3) is 0 Å². The van der Waals surface area contributed by atoms with Crippen molar-refractivity contribution in [1.29, 1.82) is 0 Å². The minimum Gasteiger partial charge on any atom is -0.424 e. The highest BCUT2D eigenvalue weighted by Gasteiger charge is 2.29. The maximum atomic E-state index is 11.8. The van der Waals surface area contributed by atoms with E-state index in [4.69, 9.17) is 25.9 Å². The number of hydrogen-bond acceptors (Lipinski definition) is 8. The number of alkyl halides is 1. The molecule has 160 valence electrons. The predicted octanol–water partition coefficient (Wildman–Crippen LogP) is 3.26. The number of carbonyl (C=O) groups excluding carboxylic acids is 3. The molecular formula is C20H15ClN2O8. The van der Waals surface area contributed by atoms with Crippen LogP contribution in [0.15, 0.2) is 42.5 Å². The molecular weight excluding hydrogens is 432 g/mol. The van der Waals surface area contributed by atoms with E-state index in [1.54, 1.807) is 30.3 Å². The average Bonchev–Trinajstić information content (AvgIpc) is 2.99. The molecule has 0 saturated heterocycles. The fourth-order valence-electron chi connectivity index (χ4n) is 2.94. The molecule has 31 heavy (non-hydrogen) atoms. The molecule has 0 saturated carbocycles. The molecule has 0 aliphatic carbocycles. The van der Waals surface area contributed by atoms with E-state index in [9.17, 15) is 24.5 Å². The summed E-state index contributed by atoms with van der Waals surface area (Å²) in [5, 5.41) is 11.7. The van der Waals surface area contributed by atoms with Crippen molar-refractivity contribution in [1.82, 2.24) is 4.73 Å². The zero-order valence-electron chi connectivity index (χ0n) is 16.3. The fraction of sp³-hybridized carbons (Fsp3) is 0.150. The number of esters is 2. The van der Waals surface area contributed by atoms with Crippen LogP contribution in [0.25, 0.3) is 22.2 Å². The van der Waals surface area contributed by atoms with Gasteiger partial charge >= 0.3 is 23.6 Å². The molecule has 3 rings (SSSR count). The van der Waals surface area contributed by atoms with Crippen LogP contribution < -0.4 is 14.3 Å². The van der Waals surface area contributed by atoms with Gasteiger partial charge in [0.05, 0.1) is 15.8 Å². The van der Waals surface area contributed by atoms with E-state index in [-0.39, 0.29) is 22.3 Å². The molecule has 0 atom stereocenters. The van der Waals surface area contributed by atoms with Gasteiger partial charge in [-0.05, 0) is 0 Å². The standard InChI is InChI=1S/C20H15ClN2O8/c1-11(24)29-20-14-8-17(30-18(26)10-21)16(23(27)28)9-15(14)22(31-12(2)25)19(20)13-6-4-3-5-7-13/h3-9H,10H2,1-2H3. The summed E-state index contributed by atoms with van der Waals surface area (Å²) in [7, 11) is 0. The third-order valence-corrected chi connectivity index (χ3v) is 4.22. The molecule has 0 aliphatic heterocycles. The van der Waals surface area contributed by atoms with Gasteiger partial charge in [0.1, 0.15) is 11.6 Å². The number of fused-ring (bicyclic) bond motifs is 1. The van der Waals surface area contributed by atoms with Gasteiger partial charge in [-0.2, -0.15) is 4.73 Å². The summed E-state index contributed by atoms with van der Waals surface area (Å²) in [6.45, 7) is 2.32. The Kier molecular flexibility index (Phi) is 6.21. The van der Waals surface area contributed by atoms with Crippen molar-refractivity contribution in [2.75, 3.05) is 5.88 Å². The number of hydrogen-bond donors (Lipinski definition) is 0. The Morgan fingerprint density at radius 2 is 1.74 bits per heavy atom. The Hall–Kier alpha value is -3.92. The van der Waals surface area contributed by atoms with E-state index in [0.29, 0.717) is 5.56 Å². The minimum absolute atomic E-state index is 0.0342. The Labute approximate surface area is 180 Å². The minimum atomic E-state index is -0.916. The molecule has 0 bridgehead atoms. The molecule has 3 aromatic rings. The Bertz CT molecular complexity index is 1200. The highest BCUT2D eigenvalue weighted by molar-refractivity contribution is 6.26. The topological polar surface area (TPSA) is 127 Å². The largest absolute Gasteiger partial charge is 0.424 e. The van der Waals surface area contributed by atoms with Gasteiger partial charge in [0.2, 0.25) is 5.75 Å². The molecule has 0 aliphatic rings. The van der Waals surface area contributed by atoms with Crippen LogP contribution in [0.3, 0.4) is 0 Å². The van der Waals surface area contributed by atoms with Crippen molar-refractivity contribution in [2.45, 2.75) is 13.8 Å². The number of benzene rings is 2. The molecule has 0 unspecified atom stereocenters. The second-order valence-electron chi connectivity index (χ2n) is 6.22. The van der Waals surface area contributed by atoms with Crippen molar-refractivity contribution in [2.24, 2.45) is 0 Å². The fourth-order valence-corrected chi connectivity index (χ4v) is 2.99. The molecule has 2 aromatic carbocycles. The number of nitro groups is 1.